The molecule has 1 aromatic heterocycles. The predicted molar refractivity (Wildman–Crippen MR) is 54.5 cm³/mol. The van der Waals surface area contributed by atoms with E-state index in [2.05, 4.69) is 20.9 Å². The van der Waals surface area contributed by atoms with Gasteiger partial charge in [-0.3, -0.25) is 0 Å². The lowest BCUT2D eigenvalue weighted by Crippen LogP contribution is -2.30. The van der Waals surface area contributed by atoms with Gasteiger partial charge < -0.3 is 10.0 Å². The van der Waals surface area contributed by atoms with Crippen molar-refractivity contribution in [3.8, 4) is 0 Å². The lowest BCUT2D eigenvalue weighted by Gasteiger charge is -1.99. The number of aromatic nitrogens is 1. The number of rotatable bonds is 1. The van der Waals surface area contributed by atoms with Gasteiger partial charge in [-0.15, -0.1) is 0 Å². The van der Waals surface area contributed by atoms with Gasteiger partial charge in [-0.1, -0.05) is 0 Å². The lowest BCUT2D eigenvalue weighted by atomic mass is 9.81. The van der Waals surface area contributed by atoms with Crippen LogP contribution in [0.2, 0.25) is 0 Å². The molecule has 0 aliphatic carbocycles. The van der Waals surface area contributed by atoms with Crippen LogP contribution in [0.1, 0.15) is 0 Å². The fraction of sp³-hybridized carbons (Fsp3) is 0. The molecule has 0 bridgehead atoms. The highest BCUT2D eigenvalue weighted by molar-refractivity contribution is 14.1. The van der Waals surface area contributed by atoms with Gasteiger partial charge in [-0.05, 0) is 56.1 Å². The van der Waals surface area contributed by atoms with Crippen molar-refractivity contribution in [1.29, 1.82) is 0 Å². The molecule has 58 valence electrons. The molecule has 0 spiro atoms. The first-order chi connectivity index (χ1) is 5.09. The number of hydrogen-bond acceptors (Lipinski definition) is 3. The van der Waals surface area contributed by atoms with Gasteiger partial charge in [0.1, 0.15) is 8.30 Å². The van der Waals surface area contributed by atoms with E-state index in [1.165, 1.54) is 0 Å². The van der Waals surface area contributed by atoms with Crippen molar-refractivity contribution in [2.45, 2.75) is 0 Å². The van der Waals surface area contributed by atoms with Crippen molar-refractivity contribution in [2.24, 2.45) is 0 Å². The molecule has 1 heterocycles. The highest BCUT2D eigenvalue weighted by atomic mass is 127. The van der Waals surface area contributed by atoms with Gasteiger partial charge in [0.15, 0.2) is 0 Å². The van der Waals surface area contributed by atoms with Crippen molar-refractivity contribution >= 4 is 51.1 Å². The summed E-state index contributed by atoms with van der Waals surface area (Å²) in [4.78, 5) is 4.00. The maximum Gasteiger partial charge on any atom is 0.488 e. The van der Waals surface area contributed by atoms with Gasteiger partial charge in [0, 0.05) is 0 Å². The third-order valence-electron chi connectivity index (χ3n) is 1.08. The highest BCUT2D eigenvalue weighted by Crippen LogP contribution is 2.06. The fourth-order valence-corrected chi connectivity index (χ4v) is 2.04. The number of pyridine rings is 1. The van der Waals surface area contributed by atoms with Gasteiger partial charge in [0.05, 0.1) is 0 Å². The molecular formula is C5H4BBrINO2. The van der Waals surface area contributed by atoms with E-state index in [1.807, 2.05) is 22.6 Å². The van der Waals surface area contributed by atoms with Crippen LogP contribution in [-0.2, 0) is 0 Å². The van der Waals surface area contributed by atoms with Crippen LogP contribution in [0.5, 0.6) is 0 Å². The molecule has 0 atom stereocenters. The third kappa shape index (κ3) is 2.70. The molecule has 0 fully saturated rings. The quantitative estimate of drug-likeness (QED) is 0.438. The first-order valence-corrected chi connectivity index (χ1v) is 4.66. The minimum Gasteiger partial charge on any atom is -0.423 e. The second-order valence-electron chi connectivity index (χ2n) is 1.92. The SMILES string of the molecule is OB(O)c1cc(Br)nc(I)c1. The molecular weight excluding hydrogens is 324 g/mol. The highest BCUT2D eigenvalue weighted by Gasteiger charge is 2.11. The van der Waals surface area contributed by atoms with Crippen molar-refractivity contribution in [3.05, 3.63) is 20.4 Å². The van der Waals surface area contributed by atoms with E-state index in [1.54, 1.807) is 12.1 Å². The Kier molecular flexibility index (Phi) is 3.29. The van der Waals surface area contributed by atoms with Crippen LogP contribution in [0.4, 0.5) is 0 Å². The summed E-state index contributed by atoms with van der Waals surface area (Å²) in [5.74, 6) is 0. The second-order valence-corrected chi connectivity index (χ2v) is 3.84. The Bertz CT molecular complexity index is 250. The number of halogens is 2. The van der Waals surface area contributed by atoms with Crippen LogP contribution >= 0.6 is 38.5 Å². The Labute approximate surface area is 86.3 Å². The van der Waals surface area contributed by atoms with Crippen molar-refractivity contribution in [2.75, 3.05) is 0 Å². The largest absolute Gasteiger partial charge is 0.488 e. The average Bonchev–Trinajstić information content (AvgIpc) is 1.85. The summed E-state index contributed by atoms with van der Waals surface area (Å²) in [6.45, 7) is 0. The summed E-state index contributed by atoms with van der Waals surface area (Å²) in [5, 5.41) is 17.6. The Hall–Kier alpha value is 0.345. The fourth-order valence-electron chi connectivity index (χ4n) is 0.632. The molecule has 0 aromatic carbocycles. The Morgan fingerprint density at radius 3 is 2.55 bits per heavy atom. The normalized spacial score (nSPS) is 9.82. The van der Waals surface area contributed by atoms with E-state index in [0.717, 1.165) is 3.70 Å². The molecule has 1 rings (SSSR count). The summed E-state index contributed by atoms with van der Waals surface area (Å²) in [6.07, 6.45) is 0. The summed E-state index contributed by atoms with van der Waals surface area (Å²) in [5.41, 5.74) is 0.441. The standard InChI is InChI=1S/C5H4BBrINO2/c7-4-1-3(6(10)11)2-5(8)9-4/h1-2,10-11H. The minimum absolute atomic E-state index is 0.441. The first-order valence-electron chi connectivity index (χ1n) is 2.78. The molecule has 3 nitrogen and oxygen atoms in total. The molecule has 0 saturated carbocycles. The Morgan fingerprint density at radius 1 is 1.45 bits per heavy atom. The zero-order chi connectivity index (χ0) is 8.43. The molecule has 0 aliphatic heterocycles. The smallest absolute Gasteiger partial charge is 0.423 e. The lowest BCUT2D eigenvalue weighted by molar-refractivity contribution is 0.425. The molecule has 1 aromatic rings. The zero-order valence-electron chi connectivity index (χ0n) is 5.33. The van der Waals surface area contributed by atoms with E-state index in [-0.39, 0.29) is 0 Å². The molecule has 0 saturated heterocycles. The van der Waals surface area contributed by atoms with Crippen LogP contribution < -0.4 is 5.46 Å². The maximum absolute atomic E-state index is 8.78. The van der Waals surface area contributed by atoms with Crippen molar-refractivity contribution in [3.63, 3.8) is 0 Å². The topological polar surface area (TPSA) is 53.4 Å². The summed E-state index contributed by atoms with van der Waals surface area (Å²) in [6, 6.07) is 3.17. The second kappa shape index (κ2) is 3.84. The molecule has 0 amide bonds. The molecule has 0 radical (unpaired) electrons. The van der Waals surface area contributed by atoms with E-state index >= 15 is 0 Å². The summed E-state index contributed by atoms with van der Waals surface area (Å²) < 4.78 is 1.33. The van der Waals surface area contributed by atoms with E-state index in [4.69, 9.17) is 10.0 Å². The van der Waals surface area contributed by atoms with Crippen LogP contribution in [-0.4, -0.2) is 22.2 Å². The van der Waals surface area contributed by atoms with Gasteiger partial charge in [-0.25, -0.2) is 4.98 Å². The summed E-state index contributed by atoms with van der Waals surface area (Å²) >= 11 is 5.14. The minimum atomic E-state index is -1.43. The average molecular weight is 328 g/mol. The predicted octanol–water partition coefficient (Wildman–Crippen LogP) is 0.128. The molecule has 0 unspecified atom stereocenters. The molecule has 2 N–H and O–H groups in total. The van der Waals surface area contributed by atoms with Gasteiger partial charge in [0.2, 0.25) is 0 Å². The first kappa shape index (κ1) is 9.43. The van der Waals surface area contributed by atoms with Crippen LogP contribution in [0.3, 0.4) is 0 Å². The maximum atomic E-state index is 8.78. The monoisotopic (exact) mass is 327 g/mol. The third-order valence-corrected chi connectivity index (χ3v) is 2.04. The van der Waals surface area contributed by atoms with Crippen LogP contribution in [0.25, 0.3) is 0 Å². The van der Waals surface area contributed by atoms with E-state index < -0.39 is 7.12 Å². The Balaban J connectivity index is 3.08. The molecule has 11 heavy (non-hydrogen) atoms. The molecule has 6 heteroatoms. The van der Waals surface area contributed by atoms with E-state index in [9.17, 15) is 0 Å². The Morgan fingerprint density at radius 2 is 2.09 bits per heavy atom. The van der Waals surface area contributed by atoms with Gasteiger partial charge in [-0.2, -0.15) is 0 Å². The van der Waals surface area contributed by atoms with Crippen molar-refractivity contribution < 1.29 is 10.0 Å². The van der Waals surface area contributed by atoms with Crippen LogP contribution in [0.15, 0.2) is 16.7 Å². The van der Waals surface area contributed by atoms with Gasteiger partial charge >= 0.3 is 7.12 Å². The number of nitrogens with zero attached hydrogens (tertiary/aromatic N) is 1. The summed E-state index contributed by atoms with van der Waals surface area (Å²) in [7, 11) is -1.43. The zero-order valence-corrected chi connectivity index (χ0v) is 9.07. The van der Waals surface area contributed by atoms with E-state index in [0.29, 0.717) is 10.1 Å². The van der Waals surface area contributed by atoms with Crippen LogP contribution in [0, 0.1) is 3.70 Å². The molecule has 0 aliphatic rings. The van der Waals surface area contributed by atoms with Gasteiger partial charge in [0.25, 0.3) is 0 Å². The van der Waals surface area contributed by atoms with Crippen molar-refractivity contribution in [1.82, 2.24) is 4.98 Å². The number of hydrogen-bond donors (Lipinski definition) is 2.